The van der Waals surface area contributed by atoms with Crippen LogP contribution in [0.4, 0.5) is 5.82 Å². The molecule has 0 unspecified atom stereocenters. The van der Waals surface area contributed by atoms with Crippen molar-refractivity contribution < 1.29 is 4.79 Å². The van der Waals surface area contributed by atoms with E-state index in [2.05, 4.69) is 20.6 Å². The van der Waals surface area contributed by atoms with Gasteiger partial charge in [0.05, 0.1) is 11.8 Å². The molecule has 2 N–H and O–H groups in total. The fourth-order valence-corrected chi connectivity index (χ4v) is 4.18. The lowest BCUT2D eigenvalue weighted by Gasteiger charge is -2.17. The second kappa shape index (κ2) is 7.11. The minimum atomic E-state index is -0.392. The summed E-state index contributed by atoms with van der Waals surface area (Å²) < 4.78 is 3.03. The monoisotopic (exact) mass is 408 g/mol. The molecule has 4 aromatic rings. The summed E-state index contributed by atoms with van der Waals surface area (Å²) >= 11 is 1.61. The Morgan fingerprint density at radius 3 is 2.55 bits per heavy atom. The highest BCUT2D eigenvalue weighted by Crippen LogP contribution is 2.35. The molecule has 150 valence electrons. The average molecular weight is 409 g/mol. The number of rotatable bonds is 4. The van der Waals surface area contributed by atoms with E-state index < -0.39 is 5.41 Å². The topological polar surface area (TPSA) is 84.7 Å². The largest absolute Gasteiger partial charge is 0.371 e. The molecule has 1 aromatic carbocycles. The van der Waals surface area contributed by atoms with Gasteiger partial charge >= 0.3 is 0 Å². The molecule has 0 radical (unpaired) electrons. The minimum Gasteiger partial charge on any atom is -0.371 e. The zero-order chi connectivity index (χ0) is 20.8. The number of aryl methyl sites for hydroxylation is 1. The van der Waals surface area contributed by atoms with Gasteiger partial charge in [0, 0.05) is 31.6 Å². The molecule has 3 aromatic heterocycles. The Hall–Kier alpha value is -3.00. The molecule has 7 nitrogen and oxygen atoms in total. The number of nitrogens with one attached hydrogen (secondary N) is 2. The normalized spacial score (nSPS) is 11.9. The van der Waals surface area contributed by atoms with Gasteiger partial charge in [-0.2, -0.15) is 0 Å². The predicted molar refractivity (Wildman–Crippen MR) is 118 cm³/mol. The maximum Gasteiger partial charge on any atom is 0.225 e. The molecule has 0 spiro atoms. The number of carbonyl (C=O) groups is 1. The van der Waals surface area contributed by atoms with Crippen LogP contribution in [0.25, 0.3) is 32.0 Å². The van der Waals surface area contributed by atoms with Crippen LogP contribution in [0.15, 0.2) is 30.6 Å². The quantitative estimate of drug-likeness (QED) is 0.534. The summed E-state index contributed by atoms with van der Waals surface area (Å²) in [5.74, 6) is 0.772. The lowest BCUT2D eigenvalue weighted by molar-refractivity contribution is -0.128. The number of hydrogen-bond acceptors (Lipinski definition) is 6. The van der Waals surface area contributed by atoms with Gasteiger partial charge in [-0.15, -0.1) is 11.3 Å². The zero-order valence-corrected chi connectivity index (χ0v) is 18.0. The number of carbonyl (C=O) groups excluding carboxylic acids is 1. The van der Waals surface area contributed by atoms with E-state index in [1.165, 1.54) is 0 Å². The molecule has 0 aliphatic heterocycles. The Labute approximate surface area is 173 Å². The second-order valence-electron chi connectivity index (χ2n) is 8.06. The molecule has 0 saturated heterocycles. The van der Waals surface area contributed by atoms with E-state index >= 15 is 0 Å². The summed E-state index contributed by atoms with van der Waals surface area (Å²) in [6, 6.07) is 8.12. The Morgan fingerprint density at radius 1 is 1.17 bits per heavy atom. The van der Waals surface area contributed by atoms with Crippen LogP contribution in [-0.2, 0) is 18.4 Å². The summed E-state index contributed by atoms with van der Waals surface area (Å²) in [5, 5.41) is 7.00. The number of pyridine rings is 1. The lowest BCUT2D eigenvalue weighted by atomic mass is 9.95. The Kier molecular flexibility index (Phi) is 4.74. The third kappa shape index (κ3) is 3.55. The predicted octanol–water partition coefficient (Wildman–Crippen LogP) is 3.95. The summed E-state index contributed by atoms with van der Waals surface area (Å²) in [5.41, 5.74) is 4.29. The van der Waals surface area contributed by atoms with Gasteiger partial charge in [-0.1, -0.05) is 45.0 Å². The van der Waals surface area contributed by atoms with Gasteiger partial charge in [0.25, 0.3) is 0 Å². The number of amides is 1. The van der Waals surface area contributed by atoms with Crippen molar-refractivity contribution in [1.29, 1.82) is 0 Å². The molecule has 3 heterocycles. The van der Waals surface area contributed by atoms with Crippen LogP contribution >= 0.6 is 11.3 Å². The number of aromatic nitrogens is 4. The standard InChI is InChI=1S/C21H24N6OS/c1-21(2,3)20(28)23-10-12-6-8-13(9-7-12)19-26-18-16(29-19)15-14(17(22-4)25-18)24-11-27(15)5/h6-9,11H,10H2,1-5H3,(H,22,25)(H,23,28). The van der Waals surface area contributed by atoms with Crippen molar-refractivity contribution in [2.24, 2.45) is 12.5 Å². The van der Waals surface area contributed by atoms with Gasteiger partial charge in [0.15, 0.2) is 11.5 Å². The molecule has 1 amide bonds. The molecule has 4 rings (SSSR count). The number of nitrogens with zero attached hydrogens (tertiary/aromatic N) is 4. The minimum absolute atomic E-state index is 0.0411. The number of thiazole rings is 1. The number of imidazole rings is 1. The molecule has 0 aliphatic carbocycles. The third-order valence-corrected chi connectivity index (χ3v) is 5.88. The summed E-state index contributed by atoms with van der Waals surface area (Å²) in [7, 11) is 3.82. The zero-order valence-electron chi connectivity index (χ0n) is 17.2. The first kappa shape index (κ1) is 19.3. The van der Waals surface area contributed by atoms with Crippen molar-refractivity contribution in [3.05, 3.63) is 36.2 Å². The van der Waals surface area contributed by atoms with Crippen molar-refractivity contribution in [2.45, 2.75) is 27.3 Å². The fourth-order valence-electron chi connectivity index (χ4n) is 3.08. The lowest BCUT2D eigenvalue weighted by Crippen LogP contribution is -2.34. The van der Waals surface area contributed by atoms with Crippen molar-refractivity contribution in [3.8, 4) is 10.6 Å². The van der Waals surface area contributed by atoms with Crippen molar-refractivity contribution in [1.82, 2.24) is 24.8 Å². The maximum atomic E-state index is 12.1. The van der Waals surface area contributed by atoms with Crippen molar-refractivity contribution in [3.63, 3.8) is 0 Å². The van der Waals surface area contributed by atoms with Crippen LogP contribution in [0.5, 0.6) is 0 Å². The van der Waals surface area contributed by atoms with Crippen LogP contribution in [0, 0.1) is 5.41 Å². The first-order valence-corrected chi connectivity index (χ1v) is 10.3. The molecule has 8 heteroatoms. The van der Waals surface area contributed by atoms with Crippen LogP contribution in [0.3, 0.4) is 0 Å². The molecule has 0 fully saturated rings. The Morgan fingerprint density at radius 2 is 1.90 bits per heavy atom. The van der Waals surface area contributed by atoms with Gasteiger partial charge in [-0.25, -0.2) is 15.0 Å². The Bertz CT molecular complexity index is 1200. The van der Waals surface area contributed by atoms with Crippen LogP contribution < -0.4 is 10.6 Å². The van der Waals surface area contributed by atoms with E-state index in [0.29, 0.717) is 12.2 Å². The van der Waals surface area contributed by atoms with E-state index in [0.717, 1.165) is 37.7 Å². The smallest absolute Gasteiger partial charge is 0.225 e. The number of hydrogen-bond donors (Lipinski definition) is 2. The van der Waals surface area contributed by atoms with Crippen molar-refractivity contribution >= 4 is 44.4 Å². The van der Waals surface area contributed by atoms with Gasteiger partial charge < -0.3 is 15.2 Å². The average Bonchev–Trinajstić information content (AvgIpc) is 3.28. The van der Waals surface area contributed by atoms with E-state index in [1.54, 1.807) is 17.7 Å². The molecule has 29 heavy (non-hydrogen) atoms. The highest BCUT2D eigenvalue weighted by molar-refractivity contribution is 7.22. The third-order valence-electron chi connectivity index (χ3n) is 4.78. The maximum absolute atomic E-state index is 12.1. The molecule has 0 bridgehead atoms. The van der Waals surface area contributed by atoms with E-state index in [1.807, 2.05) is 63.7 Å². The molecule has 0 atom stereocenters. The summed E-state index contributed by atoms with van der Waals surface area (Å²) in [6.45, 7) is 6.24. The second-order valence-corrected chi connectivity index (χ2v) is 9.06. The number of anilines is 1. The fraction of sp³-hybridized carbons (Fsp3) is 0.333. The van der Waals surface area contributed by atoms with E-state index in [9.17, 15) is 4.79 Å². The number of benzene rings is 1. The van der Waals surface area contributed by atoms with E-state index in [4.69, 9.17) is 4.98 Å². The SMILES string of the molecule is CNc1nc2nc(-c3ccc(CNC(=O)C(C)(C)C)cc3)sc2c2c1ncn2C. The van der Waals surface area contributed by atoms with Gasteiger partial charge in [0.1, 0.15) is 15.2 Å². The molecular formula is C21H24N6OS. The first-order valence-electron chi connectivity index (χ1n) is 9.45. The van der Waals surface area contributed by atoms with Gasteiger partial charge in [-0.05, 0) is 5.56 Å². The summed E-state index contributed by atoms with van der Waals surface area (Å²) in [6.07, 6.45) is 1.80. The van der Waals surface area contributed by atoms with Crippen molar-refractivity contribution in [2.75, 3.05) is 12.4 Å². The van der Waals surface area contributed by atoms with Gasteiger partial charge in [-0.3, -0.25) is 4.79 Å². The van der Waals surface area contributed by atoms with Crippen LogP contribution in [-0.4, -0.2) is 32.5 Å². The highest BCUT2D eigenvalue weighted by Gasteiger charge is 2.20. The van der Waals surface area contributed by atoms with Crippen LogP contribution in [0.1, 0.15) is 26.3 Å². The molecule has 0 saturated carbocycles. The Balaban J connectivity index is 1.64. The summed E-state index contributed by atoms with van der Waals surface area (Å²) in [4.78, 5) is 25.9. The van der Waals surface area contributed by atoms with E-state index in [-0.39, 0.29) is 5.91 Å². The first-order chi connectivity index (χ1) is 13.8. The van der Waals surface area contributed by atoms with Crippen LogP contribution in [0.2, 0.25) is 0 Å². The highest BCUT2D eigenvalue weighted by atomic mass is 32.1. The molecule has 0 aliphatic rings. The number of fused-ring (bicyclic) bond motifs is 3. The molecular weight excluding hydrogens is 384 g/mol. The van der Waals surface area contributed by atoms with Gasteiger partial charge in [0.2, 0.25) is 5.91 Å².